The lowest BCUT2D eigenvalue weighted by Gasteiger charge is -2.36. The van der Waals surface area contributed by atoms with Gasteiger partial charge in [0.2, 0.25) is 23.6 Å². The van der Waals surface area contributed by atoms with Crippen LogP contribution in [0, 0.1) is 0 Å². The summed E-state index contributed by atoms with van der Waals surface area (Å²) >= 11 is 0. The molecule has 0 aliphatic carbocycles. The third-order valence-electron chi connectivity index (χ3n) is 4.75. The normalized spacial score (nSPS) is 25.4. The summed E-state index contributed by atoms with van der Waals surface area (Å²) in [6.45, 7) is 2.62. The minimum Gasteiger partial charge on any atom is -0.338 e. The minimum atomic E-state index is -0.274. The largest absolute Gasteiger partial charge is 0.338 e. The SMILES string of the molecule is O=C(CN1C(=O)CCC1=O)N1CCN(C(=O)C2CCCN2)CC1. The Kier molecular flexibility index (Phi) is 4.61. The smallest absolute Gasteiger partial charge is 0.242 e. The van der Waals surface area contributed by atoms with Crippen molar-refractivity contribution in [2.75, 3.05) is 39.3 Å². The van der Waals surface area contributed by atoms with Crippen molar-refractivity contribution in [2.24, 2.45) is 0 Å². The summed E-state index contributed by atoms with van der Waals surface area (Å²) in [7, 11) is 0. The van der Waals surface area contributed by atoms with Crippen LogP contribution in [0.25, 0.3) is 0 Å². The molecule has 3 rings (SSSR count). The molecule has 3 aliphatic rings. The van der Waals surface area contributed by atoms with Crippen molar-refractivity contribution in [2.45, 2.75) is 31.7 Å². The molecule has 1 unspecified atom stereocenters. The van der Waals surface area contributed by atoms with Gasteiger partial charge in [-0.3, -0.25) is 24.1 Å². The predicted octanol–water partition coefficient (Wildman–Crippen LogP) is -1.44. The summed E-state index contributed by atoms with van der Waals surface area (Å²) in [4.78, 5) is 52.1. The van der Waals surface area contributed by atoms with Gasteiger partial charge in [0.15, 0.2) is 0 Å². The van der Waals surface area contributed by atoms with Crippen LogP contribution < -0.4 is 5.32 Å². The van der Waals surface area contributed by atoms with Crippen LogP contribution in [-0.4, -0.2) is 83.6 Å². The van der Waals surface area contributed by atoms with Gasteiger partial charge in [0.05, 0.1) is 6.04 Å². The standard InChI is InChI=1S/C15H22N4O4/c20-12-3-4-13(21)19(12)10-14(22)17-6-8-18(9-7-17)15(23)11-2-1-5-16-11/h11,16H,1-10H2. The van der Waals surface area contributed by atoms with E-state index < -0.39 is 0 Å². The third kappa shape index (κ3) is 3.36. The molecule has 8 nitrogen and oxygen atoms in total. The Morgan fingerprint density at radius 3 is 2.17 bits per heavy atom. The van der Waals surface area contributed by atoms with E-state index in [9.17, 15) is 19.2 Å². The number of hydrogen-bond acceptors (Lipinski definition) is 5. The Morgan fingerprint density at radius 1 is 1.00 bits per heavy atom. The van der Waals surface area contributed by atoms with E-state index in [1.165, 1.54) is 0 Å². The second-order valence-corrected chi connectivity index (χ2v) is 6.23. The number of rotatable bonds is 3. The molecule has 1 atom stereocenters. The van der Waals surface area contributed by atoms with Crippen LogP contribution in [-0.2, 0) is 19.2 Å². The first-order valence-corrected chi connectivity index (χ1v) is 8.19. The van der Waals surface area contributed by atoms with Crippen molar-refractivity contribution in [1.29, 1.82) is 0 Å². The topological polar surface area (TPSA) is 90.0 Å². The van der Waals surface area contributed by atoms with Crippen molar-refractivity contribution >= 4 is 23.6 Å². The van der Waals surface area contributed by atoms with E-state index in [4.69, 9.17) is 0 Å². The van der Waals surface area contributed by atoms with Gasteiger partial charge < -0.3 is 15.1 Å². The van der Waals surface area contributed by atoms with Crippen LogP contribution in [0.4, 0.5) is 0 Å². The zero-order chi connectivity index (χ0) is 16.4. The third-order valence-corrected chi connectivity index (χ3v) is 4.75. The summed E-state index contributed by atoms with van der Waals surface area (Å²) in [5.41, 5.74) is 0. The lowest BCUT2D eigenvalue weighted by molar-refractivity contribution is -0.147. The number of piperazine rings is 1. The van der Waals surface area contributed by atoms with E-state index in [-0.39, 0.29) is 49.1 Å². The van der Waals surface area contributed by atoms with E-state index in [1.807, 2.05) is 0 Å². The lowest BCUT2D eigenvalue weighted by atomic mass is 10.2. The predicted molar refractivity (Wildman–Crippen MR) is 80.1 cm³/mol. The van der Waals surface area contributed by atoms with Crippen LogP contribution in [0.2, 0.25) is 0 Å². The maximum atomic E-state index is 12.3. The number of carbonyl (C=O) groups is 4. The van der Waals surface area contributed by atoms with E-state index in [2.05, 4.69) is 5.32 Å². The first-order valence-electron chi connectivity index (χ1n) is 8.19. The molecule has 0 radical (unpaired) electrons. The quantitative estimate of drug-likeness (QED) is 0.643. The van der Waals surface area contributed by atoms with Crippen molar-refractivity contribution < 1.29 is 19.2 Å². The number of nitrogens with one attached hydrogen (secondary N) is 1. The second kappa shape index (κ2) is 6.66. The highest BCUT2D eigenvalue weighted by molar-refractivity contribution is 6.04. The summed E-state index contributed by atoms with van der Waals surface area (Å²) < 4.78 is 0. The molecule has 8 heteroatoms. The molecule has 0 spiro atoms. The molecule has 1 N–H and O–H groups in total. The van der Waals surface area contributed by atoms with Gasteiger partial charge in [-0.2, -0.15) is 0 Å². The number of nitrogens with zero attached hydrogens (tertiary/aromatic N) is 3. The van der Waals surface area contributed by atoms with Gasteiger partial charge in [0.1, 0.15) is 6.54 Å². The van der Waals surface area contributed by atoms with E-state index in [0.29, 0.717) is 26.2 Å². The molecule has 0 saturated carbocycles. The number of imide groups is 1. The summed E-state index contributed by atoms with van der Waals surface area (Å²) in [5, 5.41) is 3.19. The molecule has 23 heavy (non-hydrogen) atoms. The van der Waals surface area contributed by atoms with E-state index in [0.717, 1.165) is 24.3 Å². The highest BCUT2D eigenvalue weighted by Crippen LogP contribution is 2.14. The Balaban J connectivity index is 1.48. The summed E-state index contributed by atoms with van der Waals surface area (Å²) in [5.74, 6) is -0.659. The van der Waals surface area contributed by atoms with Crippen LogP contribution in [0.3, 0.4) is 0 Å². The van der Waals surface area contributed by atoms with Gasteiger partial charge >= 0.3 is 0 Å². The summed E-state index contributed by atoms with van der Waals surface area (Å²) in [6.07, 6.45) is 2.29. The summed E-state index contributed by atoms with van der Waals surface area (Å²) in [6, 6.07) is -0.0860. The molecule has 4 amide bonds. The van der Waals surface area contributed by atoms with Gasteiger partial charge in [-0.25, -0.2) is 0 Å². The highest BCUT2D eigenvalue weighted by atomic mass is 16.2. The van der Waals surface area contributed by atoms with Crippen LogP contribution in [0.15, 0.2) is 0 Å². The average Bonchev–Trinajstić information content (AvgIpc) is 3.20. The maximum absolute atomic E-state index is 12.3. The molecule has 3 aliphatic heterocycles. The molecule has 126 valence electrons. The van der Waals surface area contributed by atoms with Gasteiger partial charge in [-0.05, 0) is 19.4 Å². The van der Waals surface area contributed by atoms with Crippen LogP contribution in [0.1, 0.15) is 25.7 Å². The molecule has 3 saturated heterocycles. The van der Waals surface area contributed by atoms with Crippen molar-refractivity contribution in [3.63, 3.8) is 0 Å². The fourth-order valence-electron chi connectivity index (χ4n) is 3.33. The Bertz CT molecular complexity index is 506. The molecule has 0 aromatic heterocycles. The van der Waals surface area contributed by atoms with Crippen molar-refractivity contribution in [1.82, 2.24) is 20.0 Å². The number of likely N-dealkylation sites (tertiary alicyclic amines) is 1. The Labute approximate surface area is 134 Å². The zero-order valence-corrected chi connectivity index (χ0v) is 13.1. The van der Waals surface area contributed by atoms with Gasteiger partial charge in [-0.15, -0.1) is 0 Å². The number of hydrogen-bond donors (Lipinski definition) is 1. The van der Waals surface area contributed by atoms with Gasteiger partial charge in [-0.1, -0.05) is 0 Å². The number of amides is 4. The highest BCUT2D eigenvalue weighted by Gasteiger charge is 2.34. The maximum Gasteiger partial charge on any atom is 0.242 e. The van der Waals surface area contributed by atoms with Gasteiger partial charge in [0.25, 0.3) is 0 Å². The molecule has 3 heterocycles. The molecular formula is C15H22N4O4. The first-order chi connectivity index (χ1) is 11.1. The zero-order valence-electron chi connectivity index (χ0n) is 13.1. The number of carbonyl (C=O) groups excluding carboxylic acids is 4. The van der Waals surface area contributed by atoms with Crippen LogP contribution >= 0.6 is 0 Å². The molecular weight excluding hydrogens is 300 g/mol. The average molecular weight is 322 g/mol. The second-order valence-electron chi connectivity index (χ2n) is 6.23. The fourth-order valence-corrected chi connectivity index (χ4v) is 3.33. The van der Waals surface area contributed by atoms with Crippen molar-refractivity contribution in [3.05, 3.63) is 0 Å². The Morgan fingerprint density at radius 2 is 1.61 bits per heavy atom. The van der Waals surface area contributed by atoms with E-state index >= 15 is 0 Å². The first kappa shape index (κ1) is 15.9. The van der Waals surface area contributed by atoms with E-state index in [1.54, 1.807) is 9.80 Å². The monoisotopic (exact) mass is 322 g/mol. The fraction of sp³-hybridized carbons (Fsp3) is 0.733. The molecule has 0 aromatic rings. The Hall–Kier alpha value is -1.96. The lowest BCUT2D eigenvalue weighted by Crippen LogP contribution is -2.55. The minimum absolute atomic E-state index is 0.0860. The molecule has 0 aromatic carbocycles. The van der Waals surface area contributed by atoms with Crippen LogP contribution in [0.5, 0.6) is 0 Å². The van der Waals surface area contributed by atoms with Crippen molar-refractivity contribution in [3.8, 4) is 0 Å². The van der Waals surface area contributed by atoms with Gasteiger partial charge in [0, 0.05) is 39.0 Å². The molecule has 0 bridgehead atoms. The molecule has 3 fully saturated rings.